The molecule has 280 valence electrons. The van der Waals surface area contributed by atoms with E-state index < -0.39 is 47.0 Å². The standard InChI is InChI=1S/C39H56N4O8/c1-26-16-18-31(49-25-29-15-12-20-43(24-29)37(48)51-39(6,7)8)21-30(26)23-40-35(46)32(19-17-28-13-10-9-11-14-28)42-36(47)33(41-27(2)44)22-34(45)50-38(3,4)5/h9-11,13-14,16,18,21,29,32-33H,12,15,17,19-20,22-25H2,1-8H3,(H,40,46)(H,41,44)(H,42,47)/t29?,32-,33-/m0/s1. The monoisotopic (exact) mass is 708 g/mol. The molecule has 1 heterocycles. The number of rotatable bonds is 14. The number of nitrogens with zero attached hydrogens (tertiary/aromatic N) is 1. The van der Waals surface area contributed by atoms with Gasteiger partial charge in [0.15, 0.2) is 0 Å². The van der Waals surface area contributed by atoms with Crippen molar-refractivity contribution in [2.24, 2.45) is 5.92 Å². The SMILES string of the molecule is CC(=O)N[C@@H](CC(=O)OC(C)(C)C)C(=O)N[C@@H](CCc1ccccc1)C(=O)NCc1cc(OCC2CCCN(C(=O)OC(C)(C)C)C2)ccc1C. The topological polar surface area (TPSA) is 152 Å². The van der Waals surface area contributed by atoms with Crippen LogP contribution >= 0.6 is 0 Å². The minimum Gasteiger partial charge on any atom is -0.493 e. The first kappa shape index (κ1) is 40.8. The van der Waals surface area contributed by atoms with Gasteiger partial charge in [-0.25, -0.2) is 4.79 Å². The van der Waals surface area contributed by atoms with Crippen LogP contribution in [0.3, 0.4) is 0 Å². The van der Waals surface area contributed by atoms with Crippen LogP contribution in [0.1, 0.15) is 90.8 Å². The number of hydrogen-bond acceptors (Lipinski definition) is 8. The summed E-state index contributed by atoms with van der Waals surface area (Å²) < 4.78 is 17.1. The van der Waals surface area contributed by atoms with Crippen LogP contribution in [0.15, 0.2) is 48.5 Å². The molecule has 1 aliphatic rings. The summed E-state index contributed by atoms with van der Waals surface area (Å²) in [5.74, 6) is -1.42. The van der Waals surface area contributed by atoms with Crippen LogP contribution in [-0.2, 0) is 41.6 Å². The fraction of sp³-hybridized carbons (Fsp3) is 0.564. The molecule has 0 bridgehead atoms. The largest absolute Gasteiger partial charge is 0.493 e. The average molecular weight is 709 g/mol. The Hall–Kier alpha value is -4.61. The zero-order valence-electron chi connectivity index (χ0n) is 31.4. The lowest BCUT2D eigenvalue weighted by molar-refractivity contribution is -0.156. The van der Waals surface area contributed by atoms with Gasteiger partial charge in [-0.05, 0) is 103 Å². The number of likely N-dealkylation sites (tertiary alicyclic amines) is 1. The van der Waals surface area contributed by atoms with Crippen LogP contribution < -0.4 is 20.7 Å². The maximum Gasteiger partial charge on any atom is 0.410 e. The third kappa shape index (κ3) is 15.0. The van der Waals surface area contributed by atoms with E-state index in [1.807, 2.05) is 76.2 Å². The second-order valence-corrected chi connectivity index (χ2v) is 15.2. The first-order valence-electron chi connectivity index (χ1n) is 17.7. The lowest BCUT2D eigenvalue weighted by Gasteiger charge is -2.34. The molecule has 3 atom stereocenters. The van der Waals surface area contributed by atoms with Gasteiger partial charge in [0.25, 0.3) is 0 Å². The van der Waals surface area contributed by atoms with Gasteiger partial charge in [-0.15, -0.1) is 0 Å². The molecular formula is C39H56N4O8. The van der Waals surface area contributed by atoms with Crippen LogP contribution in [0.4, 0.5) is 4.79 Å². The highest BCUT2D eigenvalue weighted by atomic mass is 16.6. The number of nitrogens with one attached hydrogen (secondary N) is 3. The van der Waals surface area contributed by atoms with Crippen molar-refractivity contribution in [2.45, 2.75) is 117 Å². The van der Waals surface area contributed by atoms with Gasteiger partial charge in [0.2, 0.25) is 17.7 Å². The maximum absolute atomic E-state index is 13.7. The fourth-order valence-electron chi connectivity index (χ4n) is 5.64. The predicted octanol–water partition coefficient (Wildman–Crippen LogP) is 4.99. The second-order valence-electron chi connectivity index (χ2n) is 15.2. The van der Waals surface area contributed by atoms with Gasteiger partial charge in [-0.1, -0.05) is 36.4 Å². The lowest BCUT2D eigenvalue weighted by Crippen LogP contribution is -2.54. The van der Waals surface area contributed by atoms with Crippen molar-refractivity contribution in [3.05, 3.63) is 65.2 Å². The molecule has 51 heavy (non-hydrogen) atoms. The molecule has 2 aromatic carbocycles. The minimum absolute atomic E-state index is 0.154. The third-order valence-electron chi connectivity index (χ3n) is 8.11. The summed E-state index contributed by atoms with van der Waals surface area (Å²) in [7, 11) is 0. The predicted molar refractivity (Wildman–Crippen MR) is 194 cm³/mol. The molecule has 12 heteroatoms. The van der Waals surface area contributed by atoms with Crippen LogP contribution in [-0.4, -0.2) is 77.7 Å². The Morgan fingerprint density at radius 3 is 2.22 bits per heavy atom. The number of hydrogen-bond donors (Lipinski definition) is 3. The van der Waals surface area contributed by atoms with E-state index in [-0.39, 0.29) is 31.4 Å². The van der Waals surface area contributed by atoms with Crippen molar-refractivity contribution < 1.29 is 38.2 Å². The Balaban J connectivity index is 1.67. The van der Waals surface area contributed by atoms with Gasteiger partial charge in [0.1, 0.15) is 29.0 Å². The van der Waals surface area contributed by atoms with E-state index in [9.17, 15) is 24.0 Å². The van der Waals surface area contributed by atoms with E-state index in [0.717, 1.165) is 29.5 Å². The molecule has 1 unspecified atom stereocenters. The molecule has 0 radical (unpaired) electrons. The smallest absolute Gasteiger partial charge is 0.410 e. The van der Waals surface area contributed by atoms with Gasteiger partial charge in [0, 0.05) is 32.5 Å². The normalized spacial score (nSPS) is 15.9. The molecule has 1 saturated heterocycles. The Morgan fingerprint density at radius 2 is 1.57 bits per heavy atom. The Kier molecular flexibility index (Phi) is 14.9. The summed E-state index contributed by atoms with van der Waals surface area (Å²) in [6, 6.07) is 13.1. The summed E-state index contributed by atoms with van der Waals surface area (Å²) in [6.45, 7) is 15.7. The molecule has 0 aromatic heterocycles. The summed E-state index contributed by atoms with van der Waals surface area (Å²) in [5, 5.41) is 8.24. The molecule has 1 fully saturated rings. The molecule has 4 amide bonds. The van der Waals surface area contributed by atoms with E-state index in [1.165, 1.54) is 6.92 Å². The number of aryl methyl sites for hydroxylation is 2. The first-order chi connectivity index (χ1) is 23.9. The zero-order valence-corrected chi connectivity index (χ0v) is 31.4. The van der Waals surface area contributed by atoms with Crippen LogP contribution in [0.5, 0.6) is 5.75 Å². The first-order valence-corrected chi connectivity index (χ1v) is 17.7. The van der Waals surface area contributed by atoms with E-state index in [4.69, 9.17) is 14.2 Å². The van der Waals surface area contributed by atoms with E-state index in [2.05, 4.69) is 16.0 Å². The molecule has 2 aromatic rings. The number of benzene rings is 2. The van der Waals surface area contributed by atoms with Crippen molar-refractivity contribution >= 4 is 29.8 Å². The van der Waals surface area contributed by atoms with E-state index in [0.29, 0.717) is 31.9 Å². The number of amides is 4. The van der Waals surface area contributed by atoms with Crippen LogP contribution in [0, 0.1) is 12.8 Å². The zero-order chi connectivity index (χ0) is 37.8. The fourth-order valence-corrected chi connectivity index (χ4v) is 5.64. The van der Waals surface area contributed by atoms with Gasteiger partial charge in [-0.3, -0.25) is 19.2 Å². The quantitative estimate of drug-likeness (QED) is 0.232. The van der Waals surface area contributed by atoms with Crippen LogP contribution in [0.2, 0.25) is 0 Å². The highest BCUT2D eigenvalue weighted by Gasteiger charge is 2.30. The third-order valence-corrected chi connectivity index (χ3v) is 8.11. The number of esters is 1. The number of ether oxygens (including phenoxy) is 3. The van der Waals surface area contributed by atoms with Crippen molar-refractivity contribution in [2.75, 3.05) is 19.7 Å². The lowest BCUT2D eigenvalue weighted by atomic mass is 9.99. The van der Waals surface area contributed by atoms with Gasteiger partial charge < -0.3 is 35.1 Å². The minimum atomic E-state index is -1.22. The van der Waals surface area contributed by atoms with E-state index in [1.54, 1.807) is 25.7 Å². The molecule has 3 rings (SSSR count). The molecule has 12 nitrogen and oxygen atoms in total. The number of carbonyl (C=O) groups is 5. The summed E-state index contributed by atoms with van der Waals surface area (Å²) in [5.41, 5.74) is 1.45. The van der Waals surface area contributed by atoms with Crippen molar-refractivity contribution in [3.63, 3.8) is 0 Å². The van der Waals surface area contributed by atoms with Crippen LogP contribution in [0.25, 0.3) is 0 Å². The van der Waals surface area contributed by atoms with Gasteiger partial charge in [-0.2, -0.15) is 0 Å². The Labute approximate surface area is 302 Å². The molecule has 1 aliphatic heterocycles. The molecule has 3 N–H and O–H groups in total. The maximum atomic E-state index is 13.7. The summed E-state index contributed by atoms with van der Waals surface area (Å²) >= 11 is 0. The Bertz CT molecular complexity index is 1500. The van der Waals surface area contributed by atoms with Crippen molar-refractivity contribution in [1.82, 2.24) is 20.9 Å². The molecule has 0 spiro atoms. The molecule has 0 saturated carbocycles. The van der Waals surface area contributed by atoms with E-state index >= 15 is 0 Å². The number of carbonyl (C=O) groups excluding carboxylic acids is 5. The van der Waals surface area contributed by atoms with Crippen molar-refractivity contribution in [1.29, 1.82) is 0 Å². The summed E-state index contributed by atoms with van der Waals surface area (Å²) in [6.07, 6.45) is 1.89. The van der Waals surface area contributed by atoms with Crippen molar-refractivity contribution in [3.8, 4) is 5.75 Å². The highest BCUT2D eigenvalue weighted by Crippen LogP contribution is 2.23. The Morgan fingerprint density at radius 1 is 0.882 bits per heavy atom. The molecular weight excluding hydrogens is 652 g/mol. The highest BCUT2D eigenvalue weighted by molar-refractivity contribution is 5.94. The summed E-state index contributed by atoms with van der Waals surface area (Å²) in [4.78, 5) is 65.9. The van der Waals surface area contributed by atoms with Gasteiger partial charge >= 0.3 is 12.1 Å². The van der Waals surface area contributed by atoms with Gasteiger partial charge in [0.05, 0.1) is 13.0 Å². The number of piperidine rings is 1. The average Bonchev–Trinajstić information content (AvgIpc) is 3.03. The second kappa shape index (κ2) is 18.6. The molecule has 0 aliphatic carbocycles.